The third-order valence-corrected chi connectivity index (χ3v) is 7.29. The van der Waals surface area contributed by atoms with E-state index >= 15 is 0 Å². The number of carbonyl (C=O) groups excluding carboxylic acids is 1. The predicted molar refractivity (Wildman–Crippen MR) is 134 cm³/mol. The highest BCUT2D eigenvalue weighted by molar-refractivity contribution is 6.42. The molecule has 0 spiro atoms. The first-order valence-corrected chi connectivity index (χ1v) is 12.6. The Bertz CT molecular complexity index is 1090. The Morgan fingerprint density at radius 1 is 1.23 bits per heavy atom. The van der Waals surface area contributed by atoms with Gasteiger partial charge in [0.15, 0.2) is 0 Å². The number of aliphatic imine (C=N–C) groups is 1. The molecule has 2 aromatic rings. The number of anilines is 1. The van der Waals surface area contributed by atoms with Gasteiger partial charge in [0.2, 0.25) is 11.9 Å². The van der Waals surface area contributed by atoms with Crippen molar-refractivity contribution < 1.29 is 14.3 Å². The third-order valence-electron chi connectivity index (χ3n) is 6.55. The van der Waals surface area contributed by atoms with Crippen molar-refractivity contribution in [3.63, 3.8) is 0 Å². The normalized spacial score (nSPS) is 21.1. The summed E-state index contributed by atoms with van der Waals surface area (Å²) in [6.45, 7) is 3.02. The molecule has 1 saturated heterocycles. The highest BCUT2D eigenvalue weighted by atomic mass is 35.5. The second kappa shape index (κ2) is 11.2. The number of carbonyl (C=O) groups is 1. The first kappa shape index (κ1) is 24.4. The maximum atomic E-state index is 13.2. The van der Waals surface area contributed by atoms with Crippen LogP contribution in [0.4, 0.5) is 5.95 Å². The Morgan fingerprint density at radius 3 is 2.86 bits per heavy atom. The van der Waals surface area contributed by atoms with Crippen molar-refractivity contribution in [1.82, 2.24) is 20.2 Å². The van der Waals surface area contributed by atoms with E-state index in [2.05, 4.69) is 20.6 Å². The van der Waals surface area contributed by atoms with Crippen LogP contribution >= 0.6 is 23.2 Å². The van der Waals surface area contributed by atoms with Gasteiger partial charge in [-0.2, -0.15) is 0 Å². The van der Waals surface area contributed by atoms with E-state index in [1.165, 1.54) is 0 Å². The molecular weight excluding hydrogens is 491 g/mol. The van der Waals surface area contributed by atoms with Crippen LogP contribution < -0.4 is 10.6 Å². The zero-order valence-electron chi connectivity index (χ0n) is 19.3. The average molecular weight is 519 g/mol. The van der Waals surface area contributed by atoms with Crippen molar-refractivity contribution in [2.24, 2.45) is 4.99 Å². The molecule has 2 unspecified atom stereocenters. The first-order chi connectivity index (χ1) is 17.1. The predicted octanol–water partition coefficient (Wildman–Crippen LogP) is 3.02. The van der Waals surface area contributed by atoms with Crippen LogP contribution in [0.25, 0.3) is 0 Å². The quantitative estimate of drug-likeness (QED) is 0.580. The van der Waals surface area contributed by atoms with E-state index in [-0.39, 0.29) is 24.6 Å². The average Bonchev–Trinajstić information content (AvgIpc) is 3.41. The summed E-state index contributed by atoms with van der Waals surface area (Å²) in [5.41, 5.74) is 2.86. The molecule has 1 fully saturated rings. The van der Waals surface area contributed by atoms with E-state index in [1.807, 2.05) is 17.2 Å². The summed E-state index contributed by atoms with van der Waals surface area (Å²) in [4.78, 5) is 28.4. The number of rotatable bonds is 7. The summed E-state index contributed by atoms with van der Waals surface area (Å²) in [6.07, 6.45) is 5.94. The van der Waals surface area contributed by atoms with Gasteiger partial charge in [0.05, 0.1) is 34.9 Å². The number of fused-ring (bicyclic) bond motifs is 1. The molecule has 9 nitrogen and oxygen atoms in total. The first-order valence-electron chi connectivity index (χ1n) is 11.8. The molecule has 2 atom stereocenters. The standard InChI is InChI=1S/C24H28Cl2N6O3/c25-18-2-1-15(9-19(18)26)23(21-11-27-14-35-21)28-12-22(33)32-6-3-16-10-29-24(31-20(16)13-32)30-17-4-7-34-8-5-17/h1-2,9-11,17,21,23,28H,3-8,12-14H2,(H,29,30,31). The second-order valence-corrected chi connectivity index (χ2v) is 9.70. The van der Waals surface area contributed by atoms with Crippen LogP contribution in [0.5, 0.6) is 0 Å². The highest BCUT2D eigenvalue weighted by Gasteiger charge is 2.28. The third kappa shape index (κ3) is 5.92. The number of aromatic nitrogens is 2. The van der Waals surface area contributed by atoms with Gasteiger partial charge in [0.25, 0.3) is 0 Å². The summed E-state index contributed by atoms with van der Waals surface area (Å²) in [5.74, 6) is 0.605. The Kier molecular flexibility index (Phi) is 7.79. The lowest BCUT2D eigenvalue weighted by atomic mass is 10.0. The Labute approximate surface area is 214 Å². The maximum absolute atomic E-state index is 13.2. The number of amides is 1. The molecule has 186 valence electrons. The van der Waals surface area contributed by atoms with Crippen molar-refractivity contribution in [2.45, 2.75) is 44.0 Å². The van der Waals surface area contributed by atoms with Crippen molar-refractivity contribution in [2.75, 3.05) is 38.4 Å². The monoisotopic (exact) mass is 518 g/mol. The fourth-order valence-corrected chi connectivity index (χ4v) is 4.86. The summed E-state index contributed by atoms with van der Waals surface area (Å²) in [7, 11) is 0. The zero-order chi connectivity index (χ0) is 24.2. The highest BCUT2D eigenvalue weighted by Crippen LogP contribution is 2.28. The van der Waals surface area contributed by atoms with Crippen LogP contribution in [-0.4, -0.2) is 72.2 Å². The molecular formula is C24H28Cl2N6O3. The molecule has 3 aliphatic rings. The van der Waals surface area contributed by atoms with Crippen LogP contribution in [0.15, 0.2) is 29.4 Å². The van der Waals surface area contributed by atoms with E-state index < -0.39 is 0 Å². The SMILES string of the molecule is O=C(CNC(c1ccc(Cl)c(Cl)c1)C1C=NCO1)N1CCc2cnc(NC3CCOCC3)nc2C1. The maximum Gasteiger partial charge on any atom is 0.236 e. The van der Waals surface area contributed by atoms with Crippen LogP contribution in [0.1, 0.15) is 35.7 Å². The molecule has 2 N–H and O–H groups in total. The zero-order valence-corrected chi connectivity index (χ0v) is 20.8. The Hall–Kier alpha value is -2.30. The van der Waals surface area contributed by atoms with Crippen molar-refractivity contribution in [1.29, 1.82) is 0 Å². The summed E-state index contributed by atoms with van der Waals surface area (Å²) in [6, 6.07) is 5.45. The van der Waals surface area contributed by atoms with E-state index in [9.17, 15) is 4.79 Å². The van der Waals surface area contributed by atoms with Crippen molar-refractivity contribution in [3.05, 3.63) is 51.3 Å². The van der Waals surface area contributed by atoms with Crippen LogP contribution in [0.3, 0.4) is 0 Å². The minimum atomic E-state index is -0.298. The number of benzene rings is 1. The van der Waals surface area contributed by atoms with E-state index in [0.29, 0.717) is 41.9 Å². The van der Waals surface area contributed by atoms with Gasteiger partial charge in [-0.05, 0) is 42.5 Å². The number of nitrogens with zero attached hydrogens (tertiary/aromatic N) is 4. The smallest absolute Gasteiger partial charge is 0.236 e. The summed E-state index contributed by atoms with van der Waals surface area (Å²) >= 11 is 12.3. The molecule has 0 saturated carbocycles. The van der Waals surface area contributed by atoms with Crippen molar-refractivity contribution in [3.8, 4) is 0 Å². The number of nitrogens with one attached hydrogen (secondary N) is 2. The largest absolute Gasteiger partial charge is 0.381 e. The van der Waals surface area contributed by atoms with Gasteiger partial charge >= 0.3 is 0 Å². The van der Waals surface area contributed by atoms with Gasteiger partial charge in [-0.1, -0.05) is 29.3 Å². The number of hydrogen-bond acceptors (Lipinski definition) is 8. The molecule has 11 heteroatoms. The van der Waals surface area contributed by atoms with Gasteiger partial charge in [-0.3, -0.25) is 15.1 Å². The lowest BCUT2D eigenvalue weighted by Crippen LogP contribution is -2.44. The molecule has 0 aliphatic carbocycles. The van der Waals surface area contributed by atoms with E-state index in [4.69, 9.17) is 37.7 Å². The van der Waals surface area contributed by atoms with Gasteiger partial charge in [-0.15, -0.1) is 0 Å². The molecule has 0 bridgehead atoms. The Balaban J connectivity index is 1.23. The Morgan fingerprint density at radius 2 is 2.09 bits per heavy atom. The van der Waals surface area contributed by atoms with Crippen LogP contribution in [-0.2, 0) is 27.2 Å². The van der Waals surface area contributed by atoms with Gasteiger partial charge in [0, 0.05) is 38.2 Å². The fourth-order valence-electron chi connectivity index (χ4n) is 4.55. The van der Waals surface area contributed by atoms with Crippen LogP contribution in [0, 0.1) is 0 Å². The van der Waals surface area contributed by atoms with Crippen molar-refractivity contribution >= 4 is 41.3 Å². The minimum Gasteiger partial charge on any atom is -0.381 e. The molecule has 1 amide bonds. The molecule has 1 aromatic heterocycles. The lowest BCUT2D eigenvalue weighted by Gasteiger charge is -2.30. The second-order valence-electron chi connectivity index (χ2n) is 8.89. The summed E-state index contributed by atoms with van der Waals surface area (Å²) in [5, 5.41) is 7.68. The molecule has 1 aromatic carbocycles. The lowest BCUT2D eigenvalue weighted by molar-refractivity contribution is -0.131. The van der Waals surface area contributed by atoms with E-state index in [1.54, 1.807) is 18.3 Å². The summed E-state index contributed by atoms with van der Waals surface area (Å²) < 4.78 is 11.1. The molecule has 0 radical (unpaired) electrons. The van der Waals surface area contributed by atoms with Crippen LogP contribution in [0.2, 0.25) is 10.0 Å². The molecule has 3 aliphatic heterocycles. The van der Waals surface area contributed by atoms with Gasteiger partial charge in [0.1, 0.15) is 12.8 Å². The number of halogens is 2. The molecule has 4 heterocycles. The molecule has 5 rings (SSSR count). The van der Waals surface area contributed by atoms with Gasteiger partial charge in [-0.25, -0.2) is 9.97 Å². The fraction of sp³-hybridized carbons (Fsp3) is 0.500. The van der Waals surface area contributed by atoms with Gasteiger partial charge < -0.3 is 19.7 Å². The number of hydrogen-bond donors (Lipinski definition) is 2. The number of ether oxygens (including phenoxy) is 2. The topological polar surface area (TPSA) is 101 Å². The minimum absolute atomic E-state index is 0.00630. The van der Waals surface area contributed by atoms with E-state index in [0.717, 1.165) is 49.3 Å². The molecule has 35 heavy (non-hydrogen) atoms.